The minimum Gasteiger partial charge on any atom is -0.368 e. The van der Waals surface area contributed by atoms with Crippen LogP contribution in [0.25, 0.3) is 0 Å². The van der Waals surface area contributed by atoms with Crippen LogP contribution in [0.3, 0.4) is 0 Å². The van der Waals surface area contributed by atoms with Crippen molar-refractivity contribution in [2.24, 2.45) is 5.92 Å². The molecule has 0 saturated carbocycles. The number of anilines is 2. The van der Waals surface area contributed by atoms with Gasteiger partial charge in [-0.05, 0) is 67.0 Å². The monoisotopic (exact) mass is 460 g/mol. The second kappa shape index (κ2) is 9.35. The van der Waals surface area contributed by atoms with Gasteiger partial charge in [0.25, 0.3) is 5.91 Å². The standard InChI is InChI=1S/C26H28N4O2S/c1-18-24(3-2-11-27-18)30-15-22(16-30)25(31)28-23-6-4-19(5-7-23)20-8-12-29(13-9-20)26(32)21-10-14-33-17-21/h2-7,10-11,14,17,20,22H,8-9,12-13,15-16H2,1H3,(H,28,31). The van der Waals surface area contributed by atoms with Crippen LogP contribution in [-0.2, 0) is 4.79 Å². The van der Waals surface area contributed by atoms with Crippen LogP contribution < -0.4 is 10.2 Å². The van der Waals surface area contributed by atoms with Gasteiger partial charge in [0.2, 0.25) is 5.91 Å². The van der Waals surface area contributed by atoms with Crippen molar-refractivity contribution in [3.05, 3.63) is 76.2 Å². The Labute approximate surface area is 198 Å². The van der Waals surface area contributed by atoms with Crippen LogP contribution in [0.5, 0.6) is 0 Å². The van der Waals surface area contributed by atoms with Crippen molar-refractivity contribution in [2.75, 3.05) is 36.4 Å². The van der Waals surface area contributed by atoms with E-state index < -0.39 is 0 Å². The number of benzene rings is 1. The Morgan fingerprint density at radius 1 is 1.06 bits per heavy atom. The van der Waals surface area contributed by atoms with Crippen LogP contribution in [0.4, 0.5) is 11.4 Å². The maximum Gasteiger partial charge on any atom is 0.254 e. The van der Waals surface area contributed by atoms with Crippen molar-refractivity contribution in [1.29, 1.82) is 0 Å². The number of carbonyl (C=O) groups excluding carboxylic acids is 2. The molecule has 2 saturated heterocycles. The minimum atomic E-state index is -0.00521. The second-order valence-electron chi connectivity index (χ2n) is 8.90. The number of aromatic nitrogens is 1. The van der Waals surface area contributed by atoms with E-state index in [0.717, 1.165) is 61.7 Å². The Kier molecular flexibility index (Phi) is 6.13. The Bertz CT molecular complexity index is 1120. The lowest BCUT2D eigenvalue weighted by atomic mass is 9.89. The third kappa shape index (κ3) is 4.64. The summed E-state index contributed by atoms with van der Waals surface area (Å²) < 4.78 is 0. The second-order valence-corrected chi connectivity index (χ2v) is 9.68. The smallest absolute Gasteiger partial charge is 0.254 e. The van der Waals surface area contributed by atoms with Gasteiger partial charge >= 0.3 is 0 Å². The summed E-state index contributed by atoms with van der Waals surface area (Å²) in [5.41, 5.74) is 5.01. The highest BCUT2D eigenvalue weighted by molar-refractivity contribution is 7.08. The van der Waals surface area contributed by atoms with Crippen LogP contribution in [0, 0.1) is 12.8 Å². The van der Waals surface area contributed by atoms with Crippen LogP contribution >= 0.6 is 11.3 Å². The van der Waals surface area contributed by atoms with Gasteiger partial charge in [-0.3, -0.25) is 14.6 Å². The third-order valence-electron chi connectivity index (χ3n) is 6.77. The molecule has 2 amide bonds. The summed E-state index contributed by atoms with van der Waals surface area (Å²) >= 11 is 1.56. The molecule has 6 nitrogen and oxygen atoms in total. The first-order chi connectivity index (χ1) is 16.1. The highest BCUT2D eigenvalue weighted by Crippen LogP contribution is 2.30. The Morgan fingerprint density at radius 2 is 1.82 bits per heavy atom. The van der Waals surface area contributed by atoms with Gasteiger partial charge in [0, 0.05) is 43.4 Å². The van der Waals surface area contributed by atoms with E-state index in [1.807, 2.05) is 46.8 Å². The number of likely N-dealkylation sites (tertiary alicyclic amines) is 1. The van der Waals surface area contributed by atoms with Crippen LogP contribution in [0.15, 0.2) is 59.4 Å². The number of thiophene rings is 1. The molecule has 0 aliphatic carbocycles. The maximum absolute atomic E-state index is 12.7. The van der Waals surface area contributed by atoms with Crippen molar-refractivity contribution in [3.63, 3.8) is 0 Å². The Balaban J connectivity index is 1.11. The fourth-order valence-electron chi connectivity index (χ4n) is 4.72. The molecule has 1 N–H and O–H groups in total. The summed E-state index contributed by atoms with van der Waals surface area (Å²) in [6.45, 7) is 5.01. The Hall–Kier alpha value is -3.19. The molecule has 170 valence electrons. The summed E-state index contributed by atoms with van der Waals surface area (Å²) in [5, 5.41) is 6.93. The molecule has 0 radical (unpaired) electrons. The van der Waals surface area contributed by atoms with E-state index in [1.165, 1.54) is 5.56 Å². The van der Waals surface area contributed by atoms with Crippen LogP contribution in [0.1, 0.15) is 40.4 Å². The molecule has 1 aromatic carbocycles. The predicted octanol–water partition coefficient (Wildman–Crippen LogP) is 4.55. The summed E-state index contributed by atoms with van der Waals surface area (Å²) in [7, 11) is 0. The zero-order chi connectivity index (χ0) is 22.8. The molecule has 0 unspecified atom stereocenters. The summed E-state index contributed by atoms with van der Waals surface area (Å²) in [6.07, 6.45) is 3.72. The van der Waals surface area contributed by atoms with Crippen molar-refractivity contribution in [2.45, 2.75) is 25.7 Å². The SMILES string of the molecule is Cc1ncccc1N1CC(C(=O)Nc2ccc(C3CCN(C(=O)c4ccsc4)CC3)cc2)C1. The number of hydrogen-bond donors (Lipinski definition) is 1. The first kappa shape index (κ1) is 21.6. The highest BCUT2D eigenvalue weighted by Gasteiger charge is 2.33. The summed E-state index contributed by atoms with van der Waals surface area (Å²) in [5.74, 6) is 0.653. The molecule has 0 spiro atoms. The fraction of sp³-hybridized carbons (Fsp3) is 0.346. The zero-order valence-electron chi connectivity index (χ0n) is 18.7. The van der Waals surface area contributed by atoms with E-state index in [-0.39, 0.29) is 17.7 Å². The van der Waals surface area contributed by atoms with Crippen molar-refractivity contribution < 1.29 is 9.59 Å². The topological polar surface area (TPSA) is 65.5 Å². The zero-order valence-corrected chi connectivity index (χ0v) is 19.6. The lowest BCUT2D eigenvalue weighted by Gasteiger charge is -2.40. The molecule has 7 heteroatoms. The number of aryl methyl sites for hydroxylation is 1. The van der Waals surface area contributed by atoms with Gasteiger partial charge in [-0.2, -0.15) is 11.3 Å². The van der Waals surface area contributed by atoms with E-state index in [1.54, 1.807) is 17.5 Å². The predicted molar refractivity (Wildman–Crippen MR) is 132 cm³/mol. The molecule has 3 aromatic rings. The van der Waals surface area contributed by atoms with E-state index in [9.17, 15) is 9.59 Å². The molecule has 33 heavy (non-hydrogen) atoms. The molecule has 2 aliphatic heterocycles. The lowest BCUT2D eigenvalue weighted by Crippen LogP contribution is -2.52. The maximum atomic E-state index is 12.7. The normalized spacial score (nSPS) is 17.0. The van der Waals surface area contributed by atoms with Crippen molar-refractivity contribution in [1.82, 2.24) is 9.88 Å². The van der Waals surface area contributed by atoms with Gasteiger partial charge in [-0.1, -0.05) is 12.1 Å². The third-order valence-corrected chi connectivity index (χ3v) is 7.46. The molecule has 2 aromatic heterocycles. The van der Waals surface area contributed by atoms with Gasteiger partial charge in [0.05, 0.1) is 22.9 Å². The number of nitrogens with one attached hydrogen (secondary N) is 1. The molecular formula is C26H28N4O2S. The average molecular weight is 461 g/mol. The molecule has 5 rings (SSSR count). The number of hydrogen-bond acceptors (Lipinski definition) is 5. The van der Waals surface area contributed by atoms with E-state index in [0.29, 0.717) is 5.92 Å². The quantitative estimate of drug-likeness (QED) is 0.607. The number of amides is 2. The summed E-state index contributed by atoms with van der Waals surface area (Å²) in [6, 6.07) is 14.1. The van der Waals surface area contributed by atoms with Crippen molar-refractivity contribution >= 4 is 34.5 Å². The molecular weight excluding hydrogens is 432 g/mol. The molecule has 0 atom stereocenters. The van der Waals surface area contributed by atoms with Gasteiger partial charge < -0.3 is 15.1 Å². The lowest BCUT2D eigenvalue weighted by molar-refractivity contribution is -0.120. The summed E-state index contributed by atoms with van der Waals surface area (Å²) in [4.78, 5) is 33.7. The van der Waals surface area contributed by atoms with E-state index in [4.69, 9.17) is 0 Å². The van der Waals surface area contributed by atoms with Crippen LogP contribution in [0.2, 0.25) is 0 Å². The largest absolute Gasteiger partial charge is 0.368 e. The molecule has 0 bridgehead atoms. The number of carbonyl (C=O) groups is 2. The van der Waals surface area contributed by atoms with Gasteiger partial charge in [-0.25, -0.2) is 0 Å². The van der Waals surface area contributed by atoms with Gasteiger partial charge in [0.15, 0.2) is 0 Å². The number of rotatable bonds is 5. The average Bonchev–Trinajstić information content (AvgIpc) is 3.35. The highest BCUT2D eigenvalue weighted by atomic mass is 32.1. The molecule has 4 heterocycles. The molecule has 2 aliphatic rings. The van der Waals surface area contributed by atoms with Gasteiger partial charge in [-0.15, -0.1) is 0 Å². The number of piperidine rings is 1. The first-order valence-corrected chi connectivity index (χ1v) is 12.4. The molecule has 2 fully saturated rings. The Morgan fingerprint density at radius 3 is 2.48 bits per heavy atom. The fourth-order valence-corrected chi connectivity index (χ4v) is 5.35. The number of nitrogens with zero attached hydrogens (tertiary/aromatic N) is 3. The van der Waals surface area contributed by atoms with E-state index >= 15 is 0 Å². The number of pyridine rings is 1. The van der Waals surface area contributed by atoms with Crippen LogP contribution in [-0.4, -0.2) is 47.9 Å². The van der Waals surface area contributed by atoms with E-state index in [2.05, 4.69) is 33.4 Å². The van der Waals surface area contributed by atoms with Crippen molar-refractivity contribution in [3.8, 4) is 0 Å². The minimum absolute atomic E-state index is 0.00521. The van der Waals surface area contributed by atoms with Gasteiger partial charge in [0.1, 0.15) is 0 Å². The first-order valence-electron chi connectivity index (χ1n) is 11.5.